The first-order valence-electron chi connectivity index (χ1n) is 12.6. The van der Waals surface area contributed by atoms with Gasteiger partial charge in [-0.05, 0) is 56.3 Å². The summed E-state index contributed by atoms with van der Waals surface area (Å²) in [6.07, 6.45) is 1.87. The SMILES string of the molecule is NCCCCC(N)C(=O)N1CCCC1C(=O)NC(CCC(=O)O)C(=O)NC(Cc1ccc(O)cc1)C(=O)O. The topological polar surface area (TPSA) is 225 Å². The Hall–Kier alpha value is -3.71. The van der Waals surface area contributed by atoms with Crippen LogP contribution >= 0.6 is 0 Å². The van der Waals surface area contributed by atoms with E-state index in [0.29, 0.717) is 44.3 Å². The lowest BCUT2D eigenvalue weighted by atomic mass is 10.0. The number of aliphatic carboxylic acids is 2. The smallest absolute Gasteiger partial charge is 0.326 e. The van der Waals surface area contributed by atoms with Crippen molar-refractivity contribution >= 4 is 29.7 Å². The number of hydrogen-bond acceptors (Lipinski definition) is 8. The maximum absolute atomic E-state index is 13.1. The third kappa shape index (κ3) is 9.30. The molecule has 13 nitrogen and oxygen atoms in total. The Labute approximate surface area is 220 Å². The zero-order valence-corrected chi connectivity index (χ0v) is 21.2. The Morgan fingerprint density at radius 1 is 1.00 bits per heavy atom. The number of unbranched alkanes of at least 4 members (excludes halogenated alkanes) is 1. The molecule has 0 aromatic heterocycles. The summed E-state index contributed by atoms with van der Waals surface area (Å²) in [7, 11) is 0. The molecule has 0 spiro atoms. The van der Waals surface area contributed by atoms with Gasteiger partial charge in [0.05, 0.1) is 6.04 Å². The molecule has 1 aromatic carbocycles. The van der Waals surface area contributed by atoms with E-state index in [2.05, 4.69) is 10.6 Å². The Kier molecular flexibility index (Phi) is 12.0. The molecule has 0 bridgehead atoms. The van der Waals surface area contributed by atoms with Gasteiger partial charge in [0.15, 0.2) is 0 Å². The van der Waals surface area contributed by atoms with E-state index >= 15 is 0 Å². The van der Waals surface area contributed by atoms with Crippen molar-refractivity contribution in [3.63, 3.8) is 0 Å². The van der Waals surface area contributed by atoms with Crippen LogP contribution in [0.15, 0.2) is 24.3 Å². The van der Waals surface area contributed by atoms with E-state index in [1.807, 2.05) is 0 Å². The van der Waals surface area contributed by atoms with Crippen LogP contribution in [0.5, 0.6) is 5.75 Å². The molecular weight excluding hydrogens is 498 g/mol. The van der Waals surface area contributed by atoms with Gasteiger partial charge in [0.25, 0.3) is 0 Å². The van der Waals surface area contributed by atoms with Crippen molar-refractivity contribution < 1.29 is 39.3 Å². The molecule has 4 atom stereocenters. The van der Waals surface area contributed by atoms with Crippen molar-refractivity contribution in [2.24, 2.45) is 11.5 Å². The van der Waals surface area contributed by atoms with Crippen LogP contribution in [0.1, 0.15) is 50.5 Å². The Balaban J connectivity index is 2.10. The second kappa shape index (κ2) is 14.9. The number of rotatable bonds is 15. The number of phenols is 1. The fraction of sp³-hybridized carbons (Fsp3) is 0.560. The van der Waals surface area contributed by atoms with Crippen molar-refractivity contribution in [2.75, 3.05) is 13.1 Å². The fourth-order valence-electron chi connectivity index (χ4n) is 4.29. The quantitative estimate of drug-likeness (QED) is 0.140. The van der Waals surface area contributed by atoms with Gasteiger partial charge in [-0.2, -0.15) is 0 Å². The number of hydrogen-bond donors (Lipinski definition) is 7. The molecule has 0 radical (unpaired) electrons. The minimum absolute atomic E-state index is 0.00272. The molecule has 3 amide bonds. The summed E-state index contributed by atoms with van der Waals surface area (Å²) >= 11 is 0. The molecule has 1 heterocycles. The monoisotopic (exact) mass is 535 g/mol. The number of likely N-dealkylation sites (tertiary alicyclic amines) is 1. The number of aromatic hydroxyl groups is 1. The highest BCUT2D eigenvalue weighted by Gasteiger charge is 2.38. The van der Waals surface area contributed by atoms with Crippen LogP contribution in [-0.2, 0) is 30.4 Å². The summed E-state index contributed by atoms with van der Waals surface area (Å²) in [6, 6.07) is 1.40. The van der Waals surface area contributed by atoms with Crippen molar-refractivity contribution in [1.82, 2.24) is 15.5 Å². The molecule has 0 saturated carbocycles. The van der Waals surface area contributed by atoms with E-state index in [4.69, 9.17) is 16.6 Å². The van der Waals surface area contributed by atoms with Crippen LogP contribution in [0.3, 0.4) is 0 Å². The van der Waals surface area contributed by atoms with Gasteiger partial charge in [0.1, 0.15) is 23.9 Å². The number of phenolic OH excluding ortho intramolecular Hbond substituents is 1. The first-order chi connectivity index (χ1) is 18.0. The van der Waals surface area contributed by atoms with Gasteiger partial charge in [-0.3, -0.25) is 19.2 Å². The summed E-state index contributed by atoms with van der Waals surface area (Å²) in [5, 5.41) is 33.0. The molecule has 1 aliphatic rings. The Morgan fingerprint density at radius 2 is 1.68 bits per heavy atom. The summed E-state index contributed by atoms with van der Waals surface area (Å²) < 4.78 is 0. The highest BCUT2D eigenvalue weighted by atomic mass is 16.4. The van der Waals surface area contributed by atoms with Crippen LogP contribution in [0.4, 0.5) is 0 Å². The molecule has 1 fully saturated rings. The number of carbonyl (C=O) groups is 5. The van der Waals surface area contributed by atoms with Crippen LogP contribution in [-0.4, -0.2) is 87.1 Å². The van der Waals surface area contributed by atoms with Gasteiger partial charge in [-0.1, -0.05) is 18.6 Å². The predicted molar refractivity (Wildman–Crippen MR) is 136 cm³/mol. The number of carboxylic acids is 2. The predicted octanol–water partition coefficient (Wildman–Crippen LogP) is -0.699. The van der Waals surface area contributed by atoms with E-state index in [1.54, 1.807) is 0 Å². The van der Waals surface area contributed by atoms with Crippen LogP contribution in [0.25, 0.3) is 0 Å². The standard InChI is InChI=1S/C25H37N5O8/c26-12-2-1-4-17(27)24(36)30-13-3-5-20(30)23(35)28-18(10-11-21(32)33)22(34)29-19(25(37)38)14-15-6-8-16(31)9-7-15/h6-9,17-20,31H,1-5,10-14,26-27H2,(H,28,35)(H,29,34)(H,32,33)(H,37,38). The number of nitrogens with one attached hydrogen (secondary N) is 2. The van der Waals surface area contributed by atoms with Crippen molar-refractivity contribution in [1.29, 1.82) is 0 Å². The molecule has 1 aromatic rings. The second-order valence-corrected chi connectivity index (χ2v) is 9.34. The first-order valence-corrected chi connectivity index (χ1v) is 12.6. The van der Waals surface area contributed by atoms with Gasteiger partial charge in [0, 0.05) is 19.4 Å². The van der Waals surface area contributed by atoms with E-state index < -0.39 is 54.3 Å². The van der Waals surface area contributed by atoms with Crippen LogP contribution in [0.2, 0.25) is 0 Å². The third-order valence-corrected chi connectivity index (χ3v) is 6.40. The molecule has 210 valence electrons. The number of carbonyl (C=O) groups excluding carboxylic acids is 3. The number of benzene rings is 1. The van der Waals surface area contributed by atoms with Crippen molar-refractivity contribution in [2.45, 2.75) is 75.5 Å². The molecule has 1 saturated heterocycles. The molecule has 1 aliphatic heterocycles. The van der Waals surface area contributed by atoms with Crippen LogP contribution < -0.4 is 22.1 Å². The van der Waals surface area contributed by atoms with E-state index in [1.165, 1.54) is 29.2 Å². The normalized spacial score (nSPS) is 17.3. The number of nitrogens with zero attached hydrogens (tertiary/aromatic N) is 1. The lowest BCUT2D eigenvalue weighted by Gasteiger charge is -2.28. The summed E-state index contributed by atoms with van der Waals surface area (Å²) in [6.45, 7) is 0.800. The molecule has 38 heavy (non-hydrogen) atoms. The lowest BCUT2D eigenvalue weighted by molar-refractivity contribution is -0.143. The molecule has 13 heteroatoms. The van der Waals surface area contributed by atoms with E-state index in [-0.39, 0.29) is 24.5 Å². The lowest BCUT2D eigenvalue weighted by Crippen LogP contribution is -2.56. The molecular formula is C25H37N5O8. The second-order valence-electron chi connectivity index (χ2n) is 9.34. The maximum Gasteiger partial charge on any atom is 0.326 e. The Bertz CT molecular complexity index is 986. The van der Waals surface area contributed by atoms with Crippen molar-refractivity contribution in [3.8, 4) is 5.75 Å². The fourth-order valence-corrected chi connectivity index (χ4v) is 4.29. The van der Waals surface area contributed by atoms with Gasteiger partial charge >= 0.3 is 11.9 Å². The van der Waals surface area contributed by atoms with E-state index in [9.17, 15) is 34.2 Å². The van der Waals surface area contributed by atoms with Crippen LogP contribution in [0, 0.1) is 0 Å². The molecule has 0 aliphatic carbocycles. The molecule has 4 unspecified atom stereocenters. The summed E-state index contributed by atoms with van der Waals surface area (Å²) in [4.78, 5) is 63.3. The van der Waals surface area contributed by atoms with Gasteiger partial charge in [-0.15, -0.1) is 0 Å². The summed E-state index contributed by atoms with van der Waals surface area (Å²) in [5.74, 6) is -4.41. The third-order valence-electron chi connectivity index (χ3n) is 6.40. The maximum atomic E-state index is 13.1. The van der Waals surface area contributed by atoms with E-state index in [0.717, 1.165) is 6.42 Å². The zero-order chi connectivity index (χ0) is 28.2. The van der Waals surface area contributed by atoms with Gasteiger partial charge in [0.2, 0.25) is 17.7 Å². The number of amides is 3. The molecule has 9 N–H and O–H groups in total. The minimum atomic E-state index is -1.37. The highest BCUT2D eigenvalue weighted by Crippen LogP contribution is 2.20. The summed E-state index contributed by atoms with van der Waals surface area (Å²) in [5.41, 5.74) is 12.0. The average molecular weight is 536 g/mol. The highest BCUT2D eigenvalue weighted by molar-refractivity contribution is 5.94. The average Bonchev–Trinajstić information content (AvgIpc) is 3.36. The Morgan fingerprint density at radius 3 is 2.29 bits per heavy atom. The number of nitrogens with two attached hydrogens (primary N) is 2. The zero-order valence-electron chi connectivity index (χ0n) is 21.2. The minimum Gasteiger partial charge on any atom is -0.508 e. The van der Waals surface area contributed by atoms with Gasteiger partial charge in [-0.25, -0.2) is 4.79 Å². The number of carboxylic acid groups (broad SMARTS) is 2. The first kappa shape index (κ1) is 30.5. The van der Waals surface area contributed by atoms with Crippen molar-refractivity contribution in [3.05, 3.63) is 29.8 Å². The molecule has 2 rings (SSSR count). The largest absolute Gasteiger partial charge is 0.508 e. The van der Waals surface area contributed by atoms with Gasteiger partial charge < -0.3 is 42.3 Å².